The molecule has 1 heterocycles. The predicted molar refractivity (Wildman–Crippen MR) is 113 cm³/mol. The fraction of sp³-hybridized carbons (Fsp3) is 0.143. The largest absolute Gasteiger partial charge is 0.512 e. The van der Waals surface area contributed by atoms with Crippen molar-refractivity contribution in [2.24, 2.45) is 0 Å². The van der Waals surface area contributed by atoms with Gasteiger partial charge in [0.25, 0.3) is 5.91 Å². The topological polar surface area (TPSA) is 76.1 Å². The summed E-state index contributed by atoms with van der Waals surface area (Å²) in [6.45, 7) is 0.0211. The number of thiophene rings is 1. The number of hydrogen-bond donors (Lipinski definition) is 1. The number of ether oxygens (including phenoxy) is 2. The third-order valence-electron chi connectivity index (χ3n) is 4.01. The van der Waals surface area contributed by atoms with Crippen molar-refractivity contribution in [3.8, 4) is 15.5 Å². The molecule has 0 bridgehead atoms. The van der Waals surface area contributed by atoms with Gasteiger partial charge in [0.1, 0.15) is 6.61 Å². The van der Waals surface area contributed by atoms with E-state index in [1.165, 1.54) is 12.0 Å². The van der Waals surface area contributed by atoms with Gasteiger partial charge in [0, 0.05) is 17.0 Å². The molecule has 0 fully saturated rings. The highest BCUT2D eigenvalue weighted by atomic mass is 35.5. The summed E-state index contributed by atoms with van der Waals surface area (Å²) in [6.07, 6.45) is -1.45. The number of rotatable bonds is 7. The molecule has 150 valence electrons. The number of carbonyl (C=O) groups excluding carboxylic acids is 1. The van der Waals surface area contributed by atoms with Gasteiger partial charge in [0.05, 0.1) is 12.2 Å². The average molecular weight is 432 g/mol. The highest BCUT2D eigenvalue weighted by molar-refractivity contribution is 7.18. The van der Waals surface area contributed by atoms with E-state index in [1.807, 2.05) is 36.4 Å². The maximum Gasteiger partial charge on any atom is 0.512 e. The summed E-state index contributed by atoms with van der Waals surface area (Å²) in [5, 5.41) is 9.81. The Labute approximate surface area is 176 Å². The van der Waals surface area contributed by atoms with Crippen LogP contribution in [0.2, 0.25) is 5.02 Å². The number of carbonyl (C=O) groups is 2. The Hall–Kier alpha value is -2.87. The Balaban J connectivity index is 2.05. The molecule has 8 heteroatoms. The van der Waals surface area contributed by atoms with Crippen LogP contribution < -0.4 is 9.64 Å². The zero-order valence-corrected chi connectivity index (χ0v) is 17.1. The van der Waals surface area contributed by atoms with Gasteiger partial charge in [-0.3, -0.25) is 4.79 Å². The Morgan fingerprint density at radius 2 is 1.86 bits per heavy atom. The number of nitrogens with zero attached hydrogens (tertiary/aromatic N) is 1. The van der Waals surface area contributed by atoms with E-state index in [9.17, 15) is 9.59 Å². The van der Waals surface area contributed by atoms with Gasteiger partial charge in [-0.1, -0.05) is 65.4 Å². The number of carboxylic acid groups (broad SMARTS) is 1. The first-order valence-electron chi connectivity index (χ1n) is 8.61. The van der Waals surface area contributed by atoms with Crippen molar-refractivity contribution < 1.29 is 24.2 Å². The molecule has 0 radical (unpaired) electrons. The minimum absolute atomic E-state index is 0.114. The number of anilines is 1. The Bertz CT molecular complexity index is 1010. The van der Waals surface area contributed by atoms with Crippen LogP contribution in [0.15, 0.2) is 60.7 Å². The van der Waals surface area contributed by atoms with E-state index in [0.717, 1.165) is 27.3 Å². The lowest BCUT2D eigenvalue weighted by Crippen LogP contribution is -2.33. The maximum absolute atomic E-state index is 12.8. The fourth-order valence-electron chi connectivity index (χ4n) is 2.78. The van der Waals surface area contributed by atoms with E-state index in [-0.39, 0.29) is 24.1 Å². The van der Waals surface area contributed by atoms with Crippen molar-refractivity contribution in [2.45, 2.75) is 6.54 Å². The molecule has 1 amide bonds. The number of amides is 1. The first kappa shape index (κ1) is 20.9. The predicted octanol–water partition coefficient (Wildman–Crippen LogP) is 5.30. The smallest absolute Gasteiger partial charge is 0.449 e. The second kappa shape index (κ2) is 9.56. The molecule has 3 aromatic rings. The van der Waals surface area contributed by atoms with Crippen LogP contribution in [0.5, 0.6) is 5.06 Å². The molecule has 0 saturated heterocycles. The number of hydrogen-bond acceptors (Lipinski definition) is 5. The molecule has 0 spiro atoms. The SMILES string of the molecule is COCC(=O)N(Cc1cccc(Cl)c1)c1cc(-c2ccccc2)sc1OC(=O)O. The molecule has 0 aliphatic heterocycles. The molecule has 0 unspecified atom stereocenters. The molecule has 29 heavy (non-hydrogen) atoms. The third-order valence-corrected chi connectivity index (χ3v) is 5.29. The van der Waals surface area contributed by atoms with Gasteiger partial charge in [-0.05, 0) is 29.3 Å². The van der Waals surface area contributed by atoms with Crippen LogP contribution in [0.4, 0.5) is 10.5 Å². The highest BCUT2D eigenvalue weighted by Gasteiger charge is 2.25. The molecular formula is C21H18ClNO5S. The summed E-state index contributed by atoms with van der Waals surface area (Å²) in [7, 11) is 1.42. The van der Waals surface area contributed by atoms with Crippen LogP contribution in [0.1, 0.15) is 5.56 Å². The van der Waals surface area contributed by atoms with Gasteiger partial charge in [-0.15, -0.1) is 0 Å². The minimum atomic E-state index is -1.45. The van der Waals surface area contributed by atoms with Crippen LogP contribution in [0.25, 0.3) is 10.4 Å². The normalized spacial score (nSPS) is 10.6. The fourth-order valence-corrected chi connectivity index (χ4v) is 4.00. The van der Waals surface area contributed by atoms with Crippen molar-refractivity contribution in [1.82, 2.24) is 0 Å². The second-order valence-electron chi connectivity index (χ2n) is 6.06. The van der Waals surface area contributed by atoms with Gasteiger partial charge in [-0.25, -0.2) is 4.79 Å². The zero-order chi connectivity index (χ0) is 20.8. The molecule has 0 atom stereocenters. The van der Waals surface area contributed by atoms with Crippen molar-refractivity contribution >= 4 is 40.7 Å². The van der Waals surface area contributed by atoms with Crippen LogP contribution >= 0.6 is 22.9 Å². The summed E-state index contributed by atoms with van der Waals surface area (Å²) in [4.78, 5) is 26.2. The zero-order valence-electron chi connectivity index (χ0n) is 15.5. The number of halogens is 1. The van der Waals surface area contributed by atoms with Crippen LogP contribution in [0.3, 0.4) is 0 Å². The van der Waals surface area contributed by atoms with Crippen molar-refractivity contribution in [3.63, 3.8) is 0 Å². The average Bonchev–Trinajstić information content (AvgIpc) is 3.10. The molecule has 6 nitrogen and oxygen atoms in total. The summed E-state index contributed by atoms with van der Waals surface area (Å²) >= 11 is 7.23. The lowest BCUT2D eigenvalue weighted by molar-refractivity contribution is -0.122. The van der Waals surface area contributed by atoms with Crippen molar-refractivity contribution in [1.29, 1.82) is 0 Å². The summed E-state index contributed by atoms with van der Waals surface area (Å²) in [5.41, 5.74) is 2.04. The third kappa shape index (κ3) is 5.35. The van der Waals surface area contributed by atoms with Gasteiger partial charge in [-0.2, -0.15) is 0 Å². The first-order valence-corrected chi connectivity index (χ1v) is 9.81. The monoisotopic (exact) mass is 431 g/mol. The van der Waals surface area contributed by atoms with E-state index in [4.69, 9.17) is 26.2 Å². The van der Waals surface area contributed by atoms with Gasteiger partial charge < -0.3 is 19.5 Å². The lowest BCUT2D eigenvalue weighted by atomic mass is 10.1. The molecule has 1 aromatic heterocycles. The van der Waals surface area contributed by atoms with Crippen molar-refractivity contribution in [2.75, 3.05) is 18.6 Å². The summed E-state index contributed by atoms with van der Waals surface area (Å²) in [6, 6.07) is 18.3. The Morgan fingerprint density at radius 3 is 2.52 bits per heavy atom. The Kier molecular flexibility index (Phi) is 6.87. The van der Waals surface area contributed by atoms with Crippen molar-refractivity contribution in [3.05, 3.63) is 71.2 Å². The van der Waals surface area contributed by atoms with E-state index in [0.29, 0.717) is 10.7 Å². The van der Waals surface area contributed by atoms with Gasteiger partial charge >= 0.3 is 6.16 Å². The van der Waals surface area contributed by atoms with Crippen LogP contribution in [-0.4, -0.2) is 30.9 Å². The standard InChI is InChI=1S/C21H18ClNO5S/c1-27-13-19(24)23(12-14-6-5-9-16(22)10-14)17-11-18(15-7-3-2-4-8-15)29-20(17)28-21(25)26/h2-11H,12-13H2,1H3,(H,25,26). The van der Waals surface area contributed by atoms with Crippen LogP contribution in [-0.2, 0) is 16.1 Å². The van der Waals surface area contributed by atoms with Crippen LogP contribution in [0, 0.1) is 0 Å². The quantitative estimate of drug-likeness (QED) is 0.513. The molecule has 0 aliphatic rings. The summed E-state index contributed by atoms with van der Waals surface area (Å²) < 4.78 is 10.0. The maximum atomic E-state index is 12.8. The van der Waals surface area contributed by atoms with E-state index >= 15 is 0 Å². The molecule has 3 rings (SSSR count). The van der Waals surface area contributed by atoms with Gasteiger partial charge in [0.2, 0.25) is 5.06 Å². The molecular weight excluding hydrogens is 414 g/mol. The Morgan fingerprint density at radius 1 is 1.10 bits per heavy atom. The molecule has 0 saturated carbocycles. The number of methoxy groups -OCH3 is 1. The molecule has 1 N–H and O–H groups in total. The first-order chi connectivity index (χ1) is 14.0. The highest BCUT2D eigenvalue weighted by Crippen LogP contribution is 2.43. The van der Waals surface area contributed by atoms with E-state index in [1.54, 1.807) is 24.3 Å². The van der Waals surface area contributed by atoms with Gasteiger partial charge in [0.15, 0.2) is 0 Å². The lowest BCUT2D eigenvalue weighted by Gasteiger charge is -2.22. The molecule has 2 aromatic carbocycles. The van der Waals surface area contributed by atoms with E-state index in [2.05, 4.69) is 0 Å². The minimum Gasteiger partial charge on any atom is -0.449 e. The summed E-state index contributed by atoms with van der Waals surface area (Å²) in [5.74, 6) is -0.333. The number of benzene rings is 2. The second-order valence-corrected chi connectivity index (χ2v) is 7.51. The van der Waals surface area contributed by atoms with E-state index < -0.39 is 6.16 Å². The molecule has 0 aliphatic carbocycles.